The van der Waals surface area contributed by atoms with Crippen molar-refractivity contribution in [2.75, 3.05) is 13.1 Å². The Labute approximate surface area is 133 Å². The van der Waals surface area contributed by atoms with Gasteiger partial charge in [-0.05, 0) is 17.4 Å². The largest absolute Gasteiger partial charge is 0.867 e. The molecule has 2 aromatic carbocycles. The van der Waals surface area contributed by atoms with Crippen LogP contribution < -0.4 is 10.0 Å². The molecule has 1 aliphatic rings. The van der Waals surface area contributed by atoms with E-state index in [0.29, 0.717) is 0 Å². The van der Waals surface area contributed by atoms with Gasteiger partial charge in [0.2, 0.25) is 0 Å². The lowest BCUT2D eigenvalue weighted by Crippen LogP contribution is -3.04. The van der Waals surface area contributed by atoms with Crippen molar-refractivity contribution >= 4 is 23.3 Å². The molecule has 0 radical (unpaired) electrons. The van der Waals surface area contributed by atoms with Crippen LogP contribution in [0.4, 0.5) is 17.1 Å². The lowest BCUT2D eigenvalue weighted by atomic mass is 10.2. The highest BCUT2D eigenvalue weighted by atomic mass is 16.6. The average Bonchev–Trinajstić information content (AvgIpc) is 3.08. The maximum atomic E-state index is 12.0. The first-order valence-corrected chi connectivity index (χ1v) is 7.59. The fourth-order valence-electron chi connectivity index (χ4n) is 2.88. The lowest BCUT2D eigenvalue weighted by molar-refractivity contribution is -0.817. The molecule has 1 heterocycles. The highest BCUT2D eigenvalue weighted by Gasteiger charge is 2.20. The summed E-state index contributed by atoms with van der Waals surface area (Å²) in [6, 6.07) is 12.1. The molecule has 23 heavy (non-hydrogen) atoms. The summed E-state index contributed by atoms with van der Waals surface area (Å²) in [4.78, 5) is 16.0. The van der Waals surface area contributed by atoms with Crippen LogP contribution in [0.25, 0.3) is 0 Å². The number of quaternary nitrogens is 1. The summed E-state index contributed by atoms with van der Waals surface area (Å²) in [6.07, 6.45) is 3.82. The minimum absolute atomic E-state index is 0.227. The van der Waals surface area contributed by atoms with E-state index in [1.807, 2.05) is 24.3 Å². The number of benzene rings is 2. The van der Waals surface area contributed by atoms with E-state index in [9.17, 15) is 15.2 Å². The van der Waals surface area contributed by atoms with E-state index in [2.05, 4.69) is 4.99 Å². The van der Waals surface area contributed by atoms with Crippen LogP contribution in [0.2, 0.25) is 0 Å². The topological polar surface area (TPSA) is 83.0 Å². The van der Waals surface area contributed by atoms with Gasteiger partial charge < -0.3 is 10.0 Å². The van der Waals surface area contributed by atoms with Crippen molar-refractivity contribution in [3.63, 3.8) is 0 Å². The van der Waals surface area contributed by atoms with E-state index in [0.717, 1.165) is 24.5 Å². The van der Waals surface area contributed by atoms with Gasteiger partial charge in [0.05, 0.1) is 18.0 Å². The van der Waals surface area contributed by atoms with Gasteiger partial charge in [0, 0.05) is 31.2 Å². The minimum atomic E-state index is -0.665. The third-order valence-corrected chi connectivity index (χ3v) is 4.06. The normalized spacial score (nSPS) is 15.3. The number of nitro groups is 1. The molecule has 2 aromatic rings. The molecule has 0 amide bonds. The Morgan fingerprint density at radius 3 is 2.57 bits per heavy atom. The Morgan fingerprint density at radius 2 is 1.83 bits per heavy atom. The van der Waals surface area contributed by atoms with Crippen LogP contribution in [0.15, 0.2) is 47.5 Å². The second kappa shape index (κ2) is 6.58. The number of nitrogens with one attached hydrogen (secondary N) is 1. The van der Waals surface area contributed by atoms with Crippen molar-refractivity contribution in [3.05, 3.63) is 58.1 Å². The number of para-hydroxylation sites is 3. The van der Waals surface area contributed by atoms with Gasteiger partial charge in [0.1, 0.15) is 5.69 Å². The Kier molecular flexibility index (Phi) is 4.34. The standard InChI is InChI=1S/C17H17N3O3/c21-17-13(6-5-9-16(17)20(22)23)12-18-14-7-1-2-8-15(14)19-10-3-4-11-19/h1-2,5-9,12,21H,3-4,10-11H2. The predicted molar refractivity (Wildman–Crippen MR) is 85.8 cm³/mol. The fourth-order valence-corrected chi connectivity index (χ4v) is 2.88. The summed E-state index contributed by atoms with van der Waals surface area (Å²) >= 11 is 0. The van der Waals surface area contributed by atoms with Crippen LogP contribution in [-0.2, 0) is 0 Å². The zero-order valence-electron chi connectivity index (χ0n) is 12.6. The molecule has 118 valence electrons. The second-order valence-electron chi connectivity index (χ2n) is 5.54. The summed E-state index contributed by atoms with van der Waals surface area (Å²) in [5, 5.41) is 22.9. The maximum absolute atomic E-state index is 12.0. The molecule has 1 fully saturated rings. The highest BCUT2D eigenvalue weighted by molar-refractivity contribution is 5.87. The summed E-state index contributed by atoms with van der Waals surface area (Å²) < 4.78 is 0. The van der Waals surface area contributed by atoms with E-state index < -0.39 is 16.4 Å². The second-order valence-corrected chi connectivity index (χ2v) is 5.54. The van der Waals surface area contributed by atoms with Crippen LogP contribution in [0, 0.1) is 10.1 Å². The van der Waals surface area contributed by atoms with Gasteiger partial charge in [-0.15, -0.1) is 0 Å². The smallest absolute Gasteiger partial charge is 0.262 e. The molecule has 6 heteroatoms. The Bertz CT molecular complexity index is 752. The molecule has 0 atom stereocenters. The summed E-state index contributed by atoms with van der Waals surface area (Å²) in [5.41, 5.74) is 1.72. The first-order chi connectivity index (χ1) is 11.2. The van der Waals surface area contributed by atoms with Crippen LogP contribution in [0.5, 0.6) is 5.75 Å². The van der Waals surface area contributed by atoms with Crippen molar-refractivity contribution in [2.45, 2.75) is 12.8 Å². The fraction of sp³-hybridized carbons (Fsp3) is 0.235. The van der Waals surface area contributed by atoms with Crippen molar-refractivity contribution < 1.29 is 14.9 Å². The molecule has 6 nitrogen and oxygen atoms in total. The minimum Gasteiger partial charge on any atom is -0.867 e. The molecule has 1 saturated heterocycles. The van der Waals surface area contributed by atoms with Crippen LogP contribution >= 0.6 is 0 Å². The van der Waals surface area contributed by atoms with Crippen molar-refractivity contribution in [3.8, 4) is 5.75 Å². The number of hydrogen-bond donors (Lipinski definition) is 1. The molecular weight excluding hydrogens is 294 g/mol. The van der Waals surface area contributed by atoms with Gasteiger partial charge in [0.25, 0.3) is 5.69 Å². The molecule has 1 aliphatic heterocycles. The van der Waals surface area contributed by atoms with Gasteiger partial charge in [-0.3, -0.25) is 15.1 Å². The Balaban J connectivity index is 1.92. The molecular formula is C17H17N3O3. The number of rotatable bonds is 4. The van der Waals surface area contributed by atoms with Crippen molar-refractivity contribution in [1.29, 1.82) is 0 Å². The van der Waals surface area contributed by atoms with Gasteiger partial charge in [0.15, 0.2) is 5.69 Å². The van der Waals surface area contributed by atoms with E-state index in [1.165, 1.54) is 36.1 Å². The molecule has 0 saturated carbocycles. The first-order valence-electron chi connectivity index (χ1n) is 7.59. The number of aliphatic imine (C=N–C) groups is 1. The Morgan fingerprint density at radius 1 is 1.09 bits per heavy atom. The van der Waals surface area contributed by atoms with E-state index in [4.69, 9.17) is 0 Å². The lowest BCUT2D eigenvalue weighted by Gasteiger charge is -2.13. The summed E-state index contributed by atoms with van der Waals surface area (Å²) in [5.74, 6) is -0.604. The molecule has 0 spiro atoms. The van der Waals surface area contributed by atoms with Gasteiger partial charge >= 0.3 is 0 Å². The molecule has 0 bridgehead atoms. The van der Waals surface area contributed by atoms with Crippen LogP contribution in [0.1, 0.15) is 18.4 Å². The molecule has 0 aromatic heterocycles. The molecule has 3 rings (SSSR count). The maximum Gasteiger partial charge on any atom is 0.262 e. The summed E-state index contributed by atoms with van der Waals surface area (Å²) in [6.45, 7) is 2.16. The van der Waals surface area contributed by atoms with Crippen molar-refractivity contribution in [2.24, 2.45) is 4.99 Å². The van der Waals surface area contributed by atoms with E-state index >= 15 is 0 Å². The third-order valence-electron chi connectivity index (χ3n) is 4.06. The first kappa shape index (κ1) is 15.2. The monoisotopic (exact) mass is 311 g/mol. The Hall–Kier alpha value is -2.73. The molecule has 0 aliphatic carbocycles. The van der Waals surface area contributed by atoms with Crippen LogP contribution in [-0.4, -0.2) is 24.2 Å². The van der Waals surface area contributed by atoms with E-state index in [-0.39, 0.29) is 5.56 Å². The van der Waals surface area contributed by atoms with Gasteiger partial charge in [-0.2, -0.15) is 0 Å². The average molecular weight is 311 g/mol. The predicted octanol–water partition coefficient (Wildman–Crippen LogP) is 1.73. The van der Waals surface area contributed by atoms with Gasteiger partial charge in [-0.25, -0.2) is 0 Å². The van der Waals surface area contributed by atoms with Crippen LogP contribution in [0.3, 0.4) is 0 Å². The van der Waals surface area contributed by atoms with E-state index in [1.54, 1.807) is 6.07 Å². The number of nitro benzene ring substituents is 1. The SMILES string of the molecule is O=[N+]([O-])c1cccc(C=Nc2ccccc2[NH+]2CCCC2)c1[O-]. The number of nitrogens with zero attached hydrogens (tertiary/aromatic N) is 2. The number of hydrogen-bond acceptors (Lipinski definition) is 4. The quantitative estimate of drug-likeness (QED) is 0.530. The zero-order chi connectivity index (χ0) is 16.2. The molecule has 1 N–H and O–H groups in total. The van der Waals surface area contributed by atoms with Gasteiger partial charge in [-0.1, -0.05) is 24.3 Å². The highest BCUT2D eigenvalue weighted by Crippen LogP contribution is 2.27. The van der Waals surface area contributed by atoms with Crippen molar-refractivity contribution in [1.82, 2.24) is 0 Å². The molecule has 0 unspecified atom stereocenters. The zero-order valence-corrected chi connectivity index (χ0v) is 12.6. The summed E-state index contributed by atoms with van der Waals surface area (Å²) in [7, 11) is 0. The third kappa shape index (κ3) is 3.22.